The first-order chi connectivity index (χ1) is 4.36. The highest BCUT2D eigenvalue weighted by atomic mass is 35.6. The highest BCUT2D eigenvalue weighted by Crippen LogP contribution is 2.28. The third-order valence-corrected chi connectivity index (χ3v) is 0.878. The Hall–Kier alpha value is 0.750. The molecular formula is C4H9Cl3O3. The van der Waals surface area contributed by atoms with Gasteiger partial charge in [-0.15, -0.1) is 0 Å². The SMILES string of the molecule is CCO.OC(O)C(Cl)(Cl)Cl. The van der Waals surface area contributed by atoms with Gasteiger partial charge in [0.1, 0.15) is 0 Å². The molecule has 0 aromatic heterocycles. The predicted octanol–water partition coefficient (Wildman–Crippen LogP) is 0.666. The molecule has 0 aliphatic heterocycles. The summed E-state index contributed by atoms with van der Waals surface area (Å²) in [5.74, 6) is 0. The van der Waals surface area contributed by atoms with Crippen molar-refractivity contribution >= 4 is 34.8 Å². The number of aliphatic hydroxyl groups excluding tert-OH is 2. The van der Waals surface area contributed by atoms with Crippen LogP contribution in [0.25, 0.3) is 0 Å². The second-order valence-electron chi connectivity index (χ2n) is 1.23. The minimum atomic E-state index is -1.97. The fraction of sp³-hybridized carbons (Fsp3) is 1.00. The second kappa shape index (κ2) is 6.46. The first-order valence-electron chi connectivity index (χ1n) is 2.40. The van der Waals surface area contributed by atoms with Gasteiger partial charge in [0.25, 0.3) is 0 Å². The van der Waals surface area contributed by atoms with Crippen molar-refractivity contribution in [1.82, 2.24) is 0 Å². The van der Waals surface area contributed by atoms with Crippen LogP contribution >= 0.6 is 34.8 Å². The minimum Gasteiger partial charge on any atom is -0.397 e. The van der Waals surface area contributed by atoms with E-state index in [1.807, 2.05) is 0 Å². The van der Waals surface area contributed by atoms with Crippen molar-refractivity contribution < 1.29 is 15.3 Å². The number of aliphatic hydroxyl groups is 3. The van der Waals surface area contributed by atoms with Crippen LogP contribution in [-0.4, -0.2) is 32.0 Å². The number of rotatable bonds is 0. The zero-order chi connectivity index (χ0) is 8.78. The molecule has 0 fully saturated rings. The number of hydrogen-bond donors (Lipinski definition) is 3. The smallest absolute Gasteiger partial charge is 0.240 e. The van der Waals surface area contributed by atoms with Crippen LogP contribution in [0.5, 0.6) is 0 Å². The maximum Gasteiger partial charge on any atom is 0.240 e. The van der Waals surface area contributed by atoms with Crippen LogP contribution in [0.2, 0.25) is 0 Å². The Bertz CT molecular complexity index is 70.6. The van der Waals surface area contributed by atoms with Crippen LogP contribution in [0.1, 0.15) is 6.92 Å². The van der Waals surface area contributed by atoms with E-state index in [-0.39, 0.29) is 6.61 Å². The van der Waals surface area contributed by atoms with Crippen molar-refractivity contribution in [2.45, 2.75) is 17.0 Å². The first-order valence-corrected chi connectivity index (χ1v) is 3.53. The largest absolute Gasteiger partial charge is 0.397 e. The van der Waals surface area contributed by atoms with Gasteiger partial charge in [-0.2, -0.15) is 0 Å². The highest BCUT2D eigenvalue weighted by Gasteiger charge is 2.28. The molecule has 0 amide bonds. The summed E-state index contributed by atoms with van der Waals surface area (Å²) in [7, 11) is 0. The van der Waals surface area contributed by atoms with E-state index in [0.717, 1.165) is 0 Å². The zero-order valence-electron chi connectivity index (χ0n) is 5.26. The first kappa shape index (κ1) is 13.3. The van der Waals surface area contributed by atoms with Gasteiger partial charge in [0.05, 0.1) is 0 Å². The van der Waals surface area contributed by atoms with E-state index >= 15 is 0 Å². The topological polar surface area (TPSA) is 60.7 Å². The lowest BCUT2D eigenvalue weighted by molar-refractivity contribution is -0.0355. The molecule has 0 saturated carbocycles. The molecule has 0 aromatic carbocycles. The van der Waals surface area contributed by atoms with E-state index in [2.05, 4.69) is 0 Å². The lowest BCUT2D eigenvalue weighted by atomic mass is 10.8. The monoisotopic (exact) mass is 210 g/mol. The van der Waals surface area contributed by atoms with Crippen LogP contribution in [-0.2, 0) is 0 Å². The Morgan fingerprint density at radius 3 is 1.40 bits per heavy atom. The Kier molecular flexibility index (Phi) is 8.62. The summed E-state index contributed by atoms with van der Waals surface area (Å²) in [4.78, 5) is 0. The van der Waals surface area contributed by atoms with Crippen LogP contribution in [0.3, 0.4) is 0 Å². The van der Waals surface area contributed by atoms with Crippen molar-refractivity contribution in [3.63, 3.8) is 0 Å². The lowest BCUT2D eigenvalue weighted by Gasteiger charge is -2.10. The molecule has 10 heavy (non-hydrogen) atoms. The average Bonchev–Trinajstić information content (AvgIpc) is 1.64. The normalized spacial score (nSPS) is 10.8. The molecule has 0 heterocycles. The van der Waals surface area contributed by atoms with E-state index < -0.39 is 10.1 Å². The maximum atomic E-state index is 8.05. The van der Waals surface area contributed by atoms with Crippen LogP contribution < -0.4 is 0 Å². The van der Waals surface area contributed by atoms with E-state index in [4.69, 9.17) is 50.1 Å². The Morgan fingerprint density at radius 1 is 1.30 bits per heavy atom. The van der Waals surface area contributed by atoms with Gasteiger partial charge in [0.2, 0.25) is 3.79 Å². The van der Waals surface area contributed by atoms with Crippen molar-refractivity contribution in [2.75, 3.05) is 6.61 Å². The molecule has 6 heteroatoms. The average molecular weight is 211 g/mol. The minimum absolute atomic E-state index is 0.250. The van der Waals surface area contributed by atoms with Crippen LogP contribution in [0.4, 0.5) is 0 Å². The number of alkyl halides is 3. The molecule has 0 rings (SSSR count). The van der Waals surface area contributed by atoms with E-state index in [0.29, 0.717) is 0 Å². The zero-order valence-corrected chi connectivity index (χ0v) is 7.53. The van der Waals surface area contributed by atoms with E-state index in [1.54, 1.807) is 6.92 Å². The summed E-state index contributed by atoms with van der Waals surface area (Å²) < 4.78 is -1.97. The van der Waals surface area contributed by atoms with Gasteiger partial charge in [0.15, 0.2) is 6.29 Å². The molecule has 0 aliphatic rings. The van der Waals surface area contributed by atoms with Gasteiger partial charge in [0, 0.05) is 6.61 Å². The van der Waals surface area contributed by atoms with E-state index in [9.17, 15) is 0 Å². The predicted molar refractivity (Wildman–Crippen MR) is 41.3 cm³/mol. The van der Waals surface area contributed by atoms with Gasteiger partial charge < -0.3 is 15.3 Å². The fourth-order valence-corrected chi connectivity index (χ4v) is 0. The fourth-order valence-electron chi connectivity index (χ4n) is 0. The molecule has 64 valence electrons. The quantitative estimate of drug-likeness (QED) is 0.408. The lowest BCUT2D eigenvalue weighted by Crippen LogP contribution is -2.23. The van der Waals surface area contributed by atoms with Crippen LogP contribution in [0, 0.1) is 0 Å². The standard InChI is InChI=1S/C2H3Cl3O2.C2H6O/c3-2(4,5)1(6)7;1-2-3/h1,6-7H;3H,2H2,1H3. The van der Waals surface area contributed by atoms with Crippen molar-refractivity contribution in [3.05, 3.63) is 0 Å². The van der Waals surface area contributed by atoms with Crippen LogP contribution in [0.15, 0.2) is 0 Å². The summed E-state index contributed by atoms with van der Waals surface area (Å²) in [6.45, 7) is 1.93. The summed E-state index contributed by atoms with van der Waals surface area (Å²) >= 11 is 14.7. The highest BCUT2D eigenvalue weighted by molar-refractivity contribution is 6.67. The van der Waals surface area contributed by atoms with Gasteiger partial charge in [-0.1, -0.05) is 34.8 Å². The molecule has 0 atom stereocenters. The molecule has 0 spiro atoms. The Labute approximate surface area is 74.1 Å². The Morgan fingerprint density at radius 2 is 1.40 bits per heavy atom. The van der Waals surface area contributed by atoms with Gasteiger partial charge in [-0.3, -0.25) is 0 Å². The van der Waals surface area contributed by atoms with Crippen molar-refractivity contribution in [3.8, 4) is 0 Å². The molecule has 0 unspecified atom stereocenters. The van der Waals surface area contributed by atoms with Gasteiger partial charge >= 0.3 is 0 Å². The Balaban J connectivity index is 0. The molecule has 0 aliphatic carbocycles. The number of halogens is 3. The second-order valence-corrected chi connectivity index (χ2v) is 3.60. The van der Waals surface area contributed by atoms with Crippen molar-refractivity contribution in [1.29, 1.82) is 0 Å². The molecule has 0 aromatic rings. The summed E-state index contributed by atoms with van der Waals surface area (Å²) in [5.41, 5.74) is 0. The van der Waals surface area contributed by atoms with E-state index in [1.165, 1.54) is 0 Å². The molecular weight excluding hydrogens is 202 g/mol. The molecule has 0 saturated heterocycles. The third-order valence-electron chi connectivity index (χ3n) is 0.293. The van der Waals surface area contributed by atoms with Gasteiger partial charge in [-0.05, 0) is 6.92 Å². The molecule has 3 nitrogen and oxygen atoms in total. The molecule has 0 radical (unpaired) electrons. The summed E-state index contributed by atoms with van der Waals surface area (Å²) in [6.07, 6.45) is -1.91. The summed E-state index contributed by atoms with van der Waals surface area (Å²) in [6, 6.07) is 0. The molecule has 0 bridgehead atoms. The number of hydrogen-bond acceptors (Lipinski definition) is 3. The van der Waals surface area contributed by atoms with Crippen molar-refractivity contribution in [2.24, 2.45) is 0 Å². The van der Waals surface area contributed by atoms with Gasteiger partial charge in [-0.25, -0.2) is 0 Å². The maximum absolute atomic E-state index is 8.05. The third kappa shape index (κ3) is 11.5. The molecule has 3 N–H and O–H groups in total. The summed E-state index contributed by atoms with van der Waals surface area (Å²) in [5, 5.41) is 23.7.